The molecule has 0 unspecified atom stereocenters. The normalized spacial score (nSPS) is 10.5. The van der Waals surface area contributed by atoms with Gasteiger partial charge in [-0.15, -0.1) is 5.10 Å². The van der Waals surface area contributed by atoms with Gasteiger partial charge in [-0.05, 0) is 39.2 Å². The Morgan fingerprint density at radius 2 is 1.59 bits per heavy atom. The zero-order valence-corrected chi connectivity index (χ0v) is 17.1. The van der Waals surface area contributed by atoms with Crippen molar-refractivity contribution in [3.63, 3.8) is 0 Å². The summed E-state index contributed by atoms with van der Waals surface area (Å²) in [5, 5.41) is 16.9. The standard InChI is InChI=1S/C23H21N7O2/c24-21(31)15-30(23(32)25-18-6-2-1-3-7-18)14-16-10-12-17(13-11-16)19-8-4-5-9-20(19)22-26-28-29-27-22/h1-13H,14-15H2,(H2,24,31)(H,25,32)(H,26,27,28,29). The molecule has 3 aromatic carbocycles. The van der Waals surface area contributed by atoms with Crippen molar-refractivity contribution in [2.75, 3.05) is 11.9 Å². The van der Waals surface area contributed by atoms with E-state index >= 15 is 0 Å². The maximum absolute atomic E-state index is 12.7. The first-order valence-electron chi connectivity index (χ1n) is 9.92. The Labute approximate surface area is 184 Å². The van der Waals surface area contributed by atoms with Gasteiger partial charge in [0.15, 0.2) is 5.82 Å². The van der Waals surface area contributed by atoms with E-state index in [0.717, 1.165) is 22.3 Å². The number of benzene rings is 3. The lowest BCUT2D eigenvalue weighted by Gasteiger charge is -2.22. The Morgan fingerprint density at radius 3 is 2.25 bits per heavy atom. The van der Waals surface area contributed by atoms with E-state index in [0.29, 0.717) is 11.5 Å². The van der Waals surface area contributed by atoms with E-state index in [1.807, 2.05) is 66.7 Å². The largest absolute Gasteiger partial charge is 0.368 e. The quantitative estimate of drug-likeness (QED) is 0.417. The lowest BCUT2D eigenvalue weighted by Crippen LogP contribution is -2.40. The Bertz CT molecular complexity index is 1190. The number of para-hydroxylation sites is 1. The summed E-state index contributed by atoms with van der Waals surface area (Å²) >= 11 is 0. The monoisotopic (exact) mass is 427 g/mol. The van der Waals surface area contributed by atoms with Crippen LogP contribution in [0, 0.1) is 0 Å². The number of nitrogens with zero attached hydrogens (tertiary/aromatic N) is 4. The number of rotatable bonds is 7. The number of carbonyl (C=O) groups excluding carboxylic acids is 2. The third-order valence-electron chi connectivity index (χ3n) is 4.82. The molecule has 9 nitrogen and oxygen atoms in total. The van der Waals surface area contributed by atoms with Gasteiger partial charge in [0.05, 0.1) is 0 Å². The number of hydrogen-bond donors (Lipinski definition) is 3. The third-order valence-corrected chi connectivity index (χ3v) is 4.82. The summed E-state index contributed by atoms with van der Waals surface area (Å²) in [5.41, 5.74) is 9.67. The highest BCUT2D eigenvalue weighted by Gasteiger charge is 2.17. The molecule has 9 heteroatoms. The van der Waals surface area contributed by atoms with Gasteiger partial charge in [-0.3, -0.25) is 4.79 Å². The molecule has 0 aliphatic carbocycles. The minimum atomic E-state index is -0.584. The minimum absolute atomic E-state index is 0.193. The Kier molecular flexibility index (Phi) is 6.17. The second kappa shape index (κ2) is 9.52. The highest BCUT2D eigenvalue weighted by atomic mass is 16.2. The van der Waals surface area contributed by atoms with Gasteiger partial charge in [0, 0.05) is 17.8 Å². The third kappa shape index (κ3) is 4.96. The first-order chi connectivity index (χ1) is 15.6. The molecule has 4 N–H and O–H groups in total. The Hall–Kier alpha value is -4.53. The fourth-order valence-corrected chi connectivity index (χ4v) is 3.34. The number of urea groups is 1. The highest BCUT2D eigenvalue weighted by Crippen LogP contribution is 2.29. The predicted octanol–water partition coefficient (Wildman–Crippen LogP) is 3.05. The molecule has 32 heavy (non-hydrogen) atoms. The molecular formula is C23H21N7O2. The molecule has 0 aliphatic rings. The van der Waals surface area contributed by atoms with Crippen molar-refractivity contribution in [2.45, 2.75) is 6.54 Å². The average Bonchev–Trinajstić information content (AvgIpc) is 3.34. The van der Waals surface area contributed by atoms with Gasteiger partial charge in [0.1, 0.15) is 6.54 Å². The number of hydrogen-bond acceptors (Lipinski definition) is 5. The predicted molar refractivity (Wildman–Crippen MR) is 120 cm³/mol. The lowest BCUT2D eigenvalue weighted by atomic mass is 9.98. The first-order valence-corrected chi connectivity index (χ1v) is 9.92. The van der Waals surface area contributed by atoms with Gasteiger partial charge in [-0.1, -0.05) is 66.7 Å². The smallest absolute Gasteiger partial charge is 0.322 e. The molecule has 4 aromatic rings. The van der Waals surface area contributed by atoms with Crippen molar-refractivity contribution >= 4 is 17.6 Å². The minimum Gasteiger partial charge on any atom is -0.368 e. The second-order valence-electron chi connectivity index (χ2n) is 7.11. The first kappa shape index (κ1) is 20.7. The zero-order chi connectivity index (χ0) is 22.3. The van der Waals surface area contributed by atoms with Gasteiger partial charge in [0.25, 0.3) is 0 Å². The van der Waals surface area contributed by atoms with Crippen LogP contribution in [0.25, 0.3) is 22.5 Å². The van der Waals surface area contributed by atoms with Gasteiger partial charge in [-0.2, -0.15) is 0 Å². The number of nitrogens with one attached hydrogen (secondary N) is 2. The van der Waals surface area contributed by atoms with Crippen molar-refractivity contribution in [3.05, 3.63) is 84.4 Å². The SMILES string of the molecule is NC(=O)CN(Cc1ccc(-c2ccccc2-c2nnn[nH]2)cc1)C(=O)Nc1ccccc1. The molecule has 0 atom stereocenters. The molecule has 3 amide bonds. The number of primary amides is 1. The summed E-state index contributed by atoms with van der Waals surface area (Å²) in [5.74, 6) is -0.00526. The second-order valence-corrected chi connectivity index (χ2v) is 7.11. The van der Waals surface area contributed by atoms with Gasteiger partial charge in [0.2, 0.25) is 5.91 Å². The topological polar surface area (TPSA) is 130 Å². The summed E-state index contributed by atoms with van der Waals surface area (Å²) in [4.78, 5) is 25.6. The number of amides is 3. The molecule has 4 rings (SSSR count). The van der Waals surface area contributed by atoms with Crippen LogP contribution in [0.15, 0.2) is 78.9 Å². The molecule has 0 radical (unpaired) electrons. The summed E-state index contributed by atoms with van der Waals surface area (Å²) < 4.78 is 0. The number of aromatic amines is 1. The van der Waals surface area contributed by atoms with Crippen LogP contribution in [0.5, 0.6) is 0 Å². The molecular weight excluding hydrogens is 406 g/mol. The molecule has 160 valence electrons. The van der Waals surface area contributed by atoms with E-state index < -0.39 is 11.9 Å². The van der Waals surface area contributed by atoms with Crippen LogP contribution >= 0.6 is 0 Å². The molecule has 0 saturated heterocycles. The molecule has 0 aliphatic heterocycles. The van der Waals surface area contributed by atoms with Gasteiger partial charge in [-0.25, -0.2) is 9.89 Å². The molecule has 0 saturated carbocycles. The van der Waals surface area contributed by atoms with E-state index in [2.05, 4.69) is 25.9 Å². The van der Waals surface area contributed by atoms with Crippen LogP contribution in [0.4, 0.5) is 10.5 Å². The molecule has 0 spiro atoms. The lowest BCUT2D eigenvalue weighted by molar-refractivity contribution is -0.118. The zero-order valence-electron chi connectivity index (χ0n) is 17.1. The summed E-state index contributed by atoms with van der Waals surface area (Å²) in [6.07, 6.45) is 0. The summed E-state index contributed by atoms with van der Waals surface area (Å²) in [6.45, 7) is 0.0390. The van der Waals surface area contributed by atoms with Crippen LogP contribution in [0.2, 0.25) is 0 Å². The molecule has 0 bridgehead atoms. The van der Waals surface area contributed by atoms with Gasteiger partial charge >= 0.3 is 6.03 Å². The Morgan fingerprint density at radius 1 is 0.906 bits per heavy atom. The van der Waals surface area contributed by atoms with E-state index in [1.165, 1.54) is 4.90 Å². The molecule has 0 fully saturated rings. The fourth-order valence-electron chi connectivity index (χ4n) is 3.34. The van der Waals surface area contributed by atoms with Crippen molar-refractivity contribution in [3.8, 4) is 22.5 Å². The highest BCUT2D eigenvalue weighted by molar-refractivity contribution is 5.92. The van der Waals surface area contributed by atoms with E-state index in [-0.39, 0.29) is 13.1 Å². The van der Waals surface area contributed by atoms with Crippen LogP contribution in [-0.4, -0.2) is 44.0 Å². The average molecular weight is 427 g/mol. The van der Waals surface area contributed by atoms with Crippen LogP contribution in [0.3, 0.4) is 0 Å². The number of H-pyrrole nitrogens is 1. The van der Waals surface area contributed by atoms with Crippen LogP contribution < -0.4 is 11.1 Å². The van der Waals surface area contributed by atoms with Crippen LogP contribution in [0.1, 0.15) is 5.56 Å². The molecule has 1 heterocycles. The van der Waals surface area contributed by atoms with E-state index in [4.69, 9.17) is 5.73 Å². The Balaban J connectivity index is 1.53. The number of carbonyl (C=O) groups is 2. The summed E-state index contributed by atoms with van der Waals surface area (Å²) in [7, 11) is 0. The summed E-state index contributed by atoms with van der Waals surface area (Å²) in [6, 6.07) is 24.2. The fraction of sp³-hybridized carbons (Fsp3) is 0.0870. The number of tetrazole rings is 1. The van der Waals surface area contributed by atoms with Crippen LogP contribution in [-0.2, 0) is 11.3 Å². The number of nitrogens with two attached hydrogens (primary N) is 1. The van der Waals surface area contributed by atoms with Gasteiger partial charge < -0.3 is 16.0 Å². The van der Waals surface area contributed by atoms with Crippen molar-refractivity contribution in [1.82, 2.24) is 25.5 Å². The van der Waals surface area contributed by atoms with Crippen molar-refractivity contribution < 1.29 is 9.59 Å². The van der Waals surface area contributed by atoms with Crippen molar-refractivity contribution in [1.29, 1.82) is 0 Å². The maximum atomic E-state index is 12.7. The number of aromatic nitrogens is 4. The number of anilines is 1. The maximum Gasteiger partial charge on any atom is 0.322 e. The van der Waals surface area contributed by atoms with E-state index in [9.17, 15) is 9.59 Å². The van der Waals surface area contributed by atoms with Crippen molar-refractivity contribution in [2.24, 2.45) is 5.73 Å². The molecule has 1 aromatic heterocycles. The van der Waals surface area contributed by atoms with E-state index in [1.54, 1.807) is 12.1 Å².